The van der Waals surface area contributed by atoms with E-state index in [1.807, 2.05) is 0 Å². The molecule has 50 heavy (non-hydrogen) atoms. The fourth-order valence-electron chi connectivity index (χ4n) is 6.25. The lowest BCUT2D eigenvalue weighted by molar-refractivity contribution is -0.158. The molecule has 0 bridgehead atoms. The highest BCUT2D eigenvalue weighted by atomic mass is 79.9. The molecule has 0 aliphatic heterocycles. The second-order valence-corrected chi connectivity index (χ2v) is 14.3. The first-order chi connectivity index (χ1) is 23.7. The van der Waals surface area contributed by atoms with Crippen LogP contribution in [0.1, 0.15) is 60.5 Å². The Kier molecular flexibility index (Phi) is 14.6. The number of aliphatic hydroxyl groups excluding tert-OH is 6. The maximum atomic E-state index is 13.3. The van der Waals surface area contributed by atoms with Crippen molar-refractivity contribution in [3.63, 3.8) is 0 Å². The molecule has 1 saturated carbocycles. The molecule has 4 rings (SSSR count). The molecule has 9 N–H and O–H groups in total. The van der Waals surface area contributed by atoms with Gasteiger partial charge in [0.05, 0.1) is 21.4 Å². The van der Waals surface area contributed by atoms with E-state index < -0.39 is 54.6 Å². The second-order valence-electron chi connectivity index (χ2n) is 12.6. The van der Waals surface area contributed by atoms with Crippen LogP contribution in [-0.4, -0.2) is 96.3 Å². The Morgan fingerprint density at radius 2 is 1.46 bits per heavy atom. The summed E-state index contributed by atoms with van der Waals surface area (Å²) in [6.07, 6.45) is -8.50. The normalized spacial score (nSPS) is 17.5. The molecule has 0 amide bonds. The smallest absolute Gasteiger partial charge is 0.194 e. The number of nitrogen functional groups attached to an aromatic ring is 1. The number of hydrogen-bond acceptors (Lipinski definition) is 11. The van der Waals surface area contributed by atoms with Crippen LogP contribution >= 0.6 is 39.1 Å². The first-order valence-corrected chi connectivity index (χ1v) is 18.1. The van der Waals surface area contributed by atoms with Crippen LogP contribution in [0, 0.1) is 0 Å². The Morgan fingerprint density at radius 3 is 2.08 bits per heavy atom. The van der Waals surface area contributed by atoms with Gasteiger partial charge in [0.2, 0.25) is 0 Å². The molecular formula is C36H44BrCl2N3O8. The van der Waals surface area contributed by atoms with Gasteiger partial charge in [-0.2, -0.15) is 0 Å². The number of anilines is 3. The summed E-state index contributed by atoms with van der Waals surface area (Å²) in [5.74, 6) is -1.90. The number of carbonyl (C=O) groups is 2. The average Bonchev–Trinajstić information content (AvgIpc) is 3.12. The lowest BCUT2D eigenvalue weighted by atomic mass is 9.90. The average molecular weight is 798 g/mol. The van der Waals surface area contributed by atoms with E-state index in [1.54, 1.807) is 42.5 Å². The minimum atomic E-state index is -2.33. The topological polar surface area (TPSA) is 197 Å². The van der Waals surface area contributed by atoms with Gasteiger partial charge in [-0.15, -0.1) is 0 Å². The monoisotopic (exact) mass is 795 g/mol. The SMILES string of the molecule is CCN(Cc1cc(C(=O)C(O)[C@@H](O)[C@@H](O)[C@H](O)[C@H](O)C(O)C(=O)Cc2ccccc2Nc2c(Cl)cccc2Cl)cc(Br)c1N)C1CCCCC1. The van der Waals surface area contributed by atoms with Gasteiger partial charge in [-0.3, -0.25) is 14.5 Å². The Morgan fingerprint density at radius 1 is 0.860 bits per heavy atom. The fourth-order valence-corrected chi connectivity index (χ4v) is 7.24. The summed E-state index contributed by atoms with van der Waals surface area (Å²) in [5.41, 5.74) is 8.61. The van der Waals surface area contributed by atoms with E-state index >= 15 is 0 Å². The van der Waals surface area contributed by atoms with Gasteiger partial charge in [-0.05, 0) is 76.8 Å². The highest BCUT2D eigenvalue weighted by molar-refractivity contribution is 9.10. The van der Waals surface area contributed by atoms with Gasteiger partial charge in [0.25, 0.3) is 0 Å². The zero-order chi connectivity index (χ0) is 36.7. The molecule has 14 heteroatoms. The van der Waals surface area contributed by atoms with E-state index in [2.05, 4.69) is 33.1 Å². The molecule has 0 heterocycles. The van der Waals surface area contributed by atoms with Gasteiger partial charge in [0, 0.05) is 34.7 Å². The van der Waals surface area contributed by atoms with Crippen LogP contribution in [0.25, 0.3) is 0 Å². The summed E-state index contributed by atoms with van der Waals surface area (Å²) >= 11 is 15.9. The summed E-state index contributed by atoms with van der Waals surface area (Å²) in [5, 5.41) is 67.9. The van der Waals surface area contributed by atoms with Crippen LogP contribution in [0.2, 0.25) is 10.0 Å². The Bertz CT molecular complexity index is 1620. The van der Waals surface area contributed by atoms with Gasteiger partial charge >= 0.3 is 0 Å². The lowest BCUT2D eigenvalue weighted by Gasteiger charge is -2.34. The van der Waals surface area contributed by atoms with Crippen LogP contribution in [0.3, 0.4) is 0 Å². The van der Waals surface area contributed by atoms with Crippen molar-refractivity contribution in [2.24, 2.45) is 0 Å². The third-order valence-corrected chi connectivity index (χ3v) is 10.6. The van der Waals surface area contributed by atoms with Crippen LogP contribution in [-0.2, 0) is 17.8 Å². The Hall–Kier alpha value is -2.62. The number of carbonyl (C=O) groups excluding carboxylic acids is 2. The Balaban J connectivity index is 1.42. The molecule has 0 aromatic heterocycles. The standard InChI is InChI=1S/C36H44BrCl2N3O8/c1-2-42(22-10-4-3-5-11-22)18-21-15-20(16-23(37)28(21)40)30(44)32(46)34(48)36(50)35(49)33(47)31(45)27(43)17-19-9-6-7-14-26(19)41-29-24(38)12-8-13-25(29)39/h6-9,12-16,22,31-36,41,45-50H,2-5,10-11,17-18,40H2,1H3/t31?,32?,33-,34-,35-,36-/m1/s1. The first kappa shape index (κ1) is 40.2. The van der Waals surface area contributed by atoms with Gasteiger partial charge < -0.3 is 41.7 Å². The zero-order valence-corrected chi connectivity index (χ0v) is 30.7. The predicted octanol–water partition coefficient (Wildman–Crippen LogP) is 4.40. The molecular weight excluding hydrogens is 753 g/mol. The number of nitrogens with two attached hydrogens (primary N) is 1. The largest absolute Gasteiger partial charge is 0.398 e. The van der Waals surface area contributed by atoms with E-state index in [0.29, 0.717) is 55.3 Å². The van der Waals surface area contributed by atoms with Crippen LogP contribution < -0.4 is 11.1 Å². The quantitative estimate of drug-likeness (QED) is 0.0756. The third-order valence-electron chi connectivity index (χ3n) is 9.27. The van der Waals surface area contributed by atoms with Crippen molar-refractivity contribution < 1.29 is 40.2 Å². The van der Waals surface area contributed by atoms with Crippen LogP contribution in [0.15, 0.2) is 59.1 Å². The number of nitrogens with one attached hydrogen (secondary N) is 1. The number of hydrogen-bond donors (Lipinski definition) is 8. The second kappa shape index (κ2) is 18.2. The van der Waals surface area contributed by atoms with Crippen molar-refractivity contribution >= 4 is 67.8 Å². The third kappa shape index (κ3) is 9.62. The van der Waals surface area contributed by atoms with Crippen molar-refractivity contribution in [2.75, 3.05) is 17.6 Å². The molecule has 0 spiro atoms. The van der Waals surface area contributed by atoms with Gasteiger partial charge in [-0.25, -0.2) is 0 Å². The summed E-state index contributed by atoms with van der Waals surface area (Å²) in [4.78, 5) is 28.7. The molecule has 0 saturated heterocycles. The maximum absolute atomic E-state index is 13.3. The van der Waals surface area contributed by atoms with E-state index in [1.165, 1.54) is 18.6 Å². The minimum absolute atomic E-state index is 0.00451. The fraction of sp³-hybridized carbons (Fsp3) is 0.444. The number of nitrogens with zero attached hydrogens (tertiary/aromatic N) is 1. The zero-order valence-electron chi connectivity index (χ0n) is 27.6. The van der Waals surface area contributed by atoms with Gasteiger partial charge in [-0.1, -0.05) is 73.7 Å². The first-order valence-electron chi connectivity index (χ1n) is 16.5. The molecule has 2 unspecified atom stereocenters. The number of Topliss-reactive ketones (excluding diaryl/α,β-unsaturated/α-hetero) is 2. The van der Waals surface area contributed by atoms with Crippen molar-refractivity contribution in [3.8, 4) is 0 Å². The molecule has 1 fully saturated rings. The Labute approximate surface area is 309 Å². The van der Waals surface area contributed by atoms with E-state index in [-0.39, 0.29) is 5.56 Å². The number of aliphatic hydroxyl groups is 6. The molecule has 3 aromatic carbocycles. The summed E-state index contributed by atoms with van der Waals surface area (Å²) in [6.45, 7) is 3.28. The molecule has 1 aliphatic rings. The maximum Gasteiger partial charge on any atom is 0.194 e. The summed E-state index contributed by atoms with van der Waals surface area (Å²) in [7, 11) is 0. The highest BCUT2D eigenvalue weighted by Gasteiger charge is 2.41. The predicted molar refractivity (Wildman–Crippen MR) is 197 cm³/mol. The van der Waals surface area contributed by atoms with Gasteiger partial charge in [0.1, 0.15) is 36.6 Å². The summed E-state index contributed by atoms with van der Waals surface area (Å²) < 4.78 is 0.407. The molecule has 1 aliphatic carbocycles. The molecule has 272 valence electrons. The number of benzene rings is 3. The van der Waals surface area contributed by atoms with E-state index in [4.69, 9.17) is 28.9 Å². The molecule has 11 nitrogen and oxygen atoms in total. The number of para-hydroxylation sites is 2. The van der Waals surface area contributed by atoms with Crippen molar-refractivity contribution in [2.45, 2.75) is 94.7 Å². The minimum Gasteiger partial charge on any atom is -0.398 e. The number of halogens is 3. The van der Waals surface area contributed by atoms with Crippen molar-refractivity contribution in [1.82, 2.24) is 4.90 Å². The van der Waals surface area contributed by atoms with Crippen LogP contribution in [0.5, 0.6) is 0 Å². The van der Waals surface area contributed by atoms with Crippen molar-refractivity contribution in [1.29, 1.82) is 0 Å². The highest BCUT2D eigenvalue weighted by Crippen LogP contribution is 2.34. The molecule has 3 aromatic rings. The number of ketones is 2. The summed E-state index contributed by atoms with van der Waals surface area (Å²) in [6, 6.07) is 14.8. The number of rotatable bonds is 16. The van der Waals surface area contributed by atoms with Gasteiger partial charge in [0.15, 0.2) is 11.6 Å². The van der Waals surface area contributed by atoms with E-state index in [9.17, 15) is 40.2 Å². The lowest BCUT2D eigenvalue weighted by Crippen LogP contribution is -2.55. The molecule has 6 atom stereocenters. The molecule has 0 radical (unpaired) electrons. The van der Waals surface area contributed by atoms with Crippen molar-refractivity contribution in [3.05, 3.63) is 85.8 Å². The van der Waals surface area contributed by atoms with E-state index in [0.717, 1.165) is 32.2 Å². The van der Waals surface area contributed by atoms with Crippen LogP contribution in [0.4, 0.5) is 17.1 Å².